The number of hydrogen-bond acceptors (Lipinski definition) is 5. The van der Waals surface area contributed by atoms with E-state index in [4.69, 9.17) is 0 Å². The molecule has 1 aliphatic rings. The Hall–Kier alpha value is -0.130. The van der Waals surface area contributed by atoms with Crippen LogP contribution in [0.5, 0.6) is 0 Å². The average Bonchev–Trinajstić information content (AvgIpc) is 2.72. The third-order valence-electron chi connectivity index (χ3n) is 2.32. The molecule has 0 aromatic carbocycles. The molecule has 0 spiro atoms. The molecule has 3 nitrogen and oxygen atoms in total. The smallest absolute Gasteiger partial charge is 0.0893 e. The Morgan fingerprint density at radius 1 is 1.62 bits per heavy atom. The molecule has 1 fully saturated rings. The lowest BCUT2D eigenvalue weighted by molar-refractivity contribution is 0.450. The Bertz CT molecular complexity index is 250. The van der Waals surface area contributed by atoms with E-state index in [1.165, 1.54) is 23.0 Å². The normalized spacial score (nSPS) is 28.1. The van der Waals surface area contributed by atoms with Crippen molar-refractivity contribution in [2.75, 3.05) is 11.5 Å². The topological polar surface area (TPSA) is 37.8 Å². The largest absolute Gasteiger partial charge is 0.307 e. The molecule has 13 heavy (non-hydrogen) atoms. The summed E-state index contributed by atoms with van der Waals surface area (Å²) in [6, 6.07) is 0.659. The maximum absolute atomic E-state index is 4.00. The maximum atomic E-state index is 4.00. The molecular formula is C8H13N3S2. The summed E-state index contributed by atoms with van der Waals surface area (Å²) in [6.45, 7) is 3.17. The fourth-order valence-electron chi connectivity index (χ4n) is 1.42. The summed E-state index contributed by atoms with van der Waals surface area (Å²) in [6.07, 6.45) is 0. The summed E-state index contributed by atoms with van der Waals surface area (Å²) in [7, 11) is 0. The van der Waals surface area contributed by atoms with Gasteiger partial charge in [0.25, 0.3) is 0 Å². The molecule has 1 aliphatic heterocycles. The van der Waals surface area contributed by atoms with Gasteiger partial charge in [-0.05, 0) is 23.2 Å². The van der Waals surface area contributed by atoms with E-state index in [1.807, 2.05) is 17.1 Å². The van der Waals surface area contributed by atoms with Crippen molar-refractivity contribution in [2.45, 2.75) is 19.5 Å². The van der Waals surface area contributed by atoms with Gasteiger partial charge in [-0.15, -0.1) is 5.10 Å². The Morgan fingerprint density at radius 2 is 2.54 bits per heavy atom. The fourth-order valence-corrected chi connectivity index (χ4v) is 3.31. The SMILES string of the molecule is CC1CSCC1NCc1csnn1. The molecule has 2 atom stereocenters. The Kier molecular flexibility index (Phi) is 3.18. The number of hydrogen-bond donors (Lipinski definition) is 1. The van der Waals surface area contributed by atoms with Gasteiger partial charge in [0.2, 0.25) is 0 Å². The number of rotatable bonds is 3. The first kappa shape index (κ1) is 9.43. The molecule has 2 heterocycles. The summed E-state index contributed by atoms with van der Waals surface area (Å²) in [5.41, 5.74) is 1.06. The van der Waals surface area contributed by atoms with Crippen LogP contribution in [-0.2, 0) is 6.54 Å². The average molecular weight is 215 g/mol. The molecule has 1 saturated heterocycles. The summed E-state index contributed by atoms with van der Waals surface area (Å²) >= 11 is 3.45. The van der Waals surface area contributed by atoms with E-state index in [2.05, 4.69) is 21.8 Å². The van der Waals surface area contributed by atoms with Crippen molar-refractivity contribution >= 4 is 23.3 Å². The predicted octanol–water partition coefficient (Wildman–Crippen LogP) is 1.38. The summed E-state index contributed by atoms with van der Waals surface area (Å²) in [5, 5.41) is 9.52. The minimum absolute atomic E-state index is 0.659. The van der Waals surface area contributed by atoms with Gasteiger partial charge in [-0.25, -0.2) is 0 Å². The van der Waals surface area contributed by atoms with Crippen molar-refractivity contribution in [1.29, 1.82) is 0 Å². The number of nitrogens with one attached hydrogen (secondary N) is 1. The van der Waals surface area contributed by atoms with Gasteiger partial charge in [0.05, 0.1) is 5.69 Å². The van der Waals surface area contributed by atoms with Crippen molar-refractivity contribution in [1.82, 2.24) is 14.9 Å². The first-order valence-electron chi connectivity index (χ1n) is 4.43. The minimum Gasteiger partial charge on any atom is -0.307 e. The highest BCUT2D eigenvalue weighted by Crippen LogP contribution is 2.23. The molecule has 0 saturated carbocycles. The highest BCUT2D eigenvalue weighted by atomic mass is 32.2. The van der Waals surface area contributed by atoms with Crippen molar-refractivity contribution in [2.24, 2.45) is 5.92 Å². The van der Waals surface area contributed by atoms with Crippen molar-refractivity contribution < 1.29 is 0 Å². The van der Waals surface area contributed by atoms with Crippen LogP contribution in [-0.4, -0.2) is 27.1 Å². The van der Waals surface area contributed by atoms with E-state index in [1.54, 1.807) is 0 Å². The zero-order valence-corrected chi connectivity index (χ0v) is 9.20. The Labute approximate surface area is 86.5 Å². The van der Waals surface area contributed by atoms with Crippen molar-refractivity contribution in [3.63, 3.8) is 0 Å². The van der Waals surface area contributed by atoms with Crippen LogP contribution in [0, 0.1) is 5.92 Å². The van der Waals surface area contributed by atoms with E-state index < -0.39 is 0 Å². The van der Waals surface area contributed by atoms with Gasteiger partial charge >= 0.3 is 0 Å². The lowest BCUT2D eigenvalue weighted by atomic mass is 10.1. The van der Waals surface area contributed by atoms with Crippen LogP contribution in [0.4, 0.5) is 0 Å². The zero-order chi connectivity index (χ0) is 9.10. The van der Waals surface area contributed by atoms with Gasteiger partial charge < -0.3 is 5.32 Å². The van der Waals surface area contributed by atoms with Gasteiger partial charge in [0.15, 0.2) is 0 Å². The van der Waals surface area contributed by atoms with Crippen LogP contribution < -0.4 is 5.32 Å². The van der Waals surface area contributed by atoms with E-state index >= 15 is 0 Å². The lowest BCUT2D eigenvalue weighted by Gasteiger charge is -2.14. The van der Waals surface area contributed by atoms with Gasteiger partial charge in [-0.1, -0.05) is 11.4 Å². The third kappa shape index (κ3) is 2.42. The molecule has 1 aromatic rings. The summed E-state index contributed by atoms with van der Waals surface area (Å²) in [4.78, 5) is 0. The second kappa shape index (κ2) is 4.39. The molecular weight excluding hydrogens is 202 g/mol. The molecule has 2 unspecified atom stereocenters. The first-order chi connectivity index (χ1) is 6.36. The summed E-state index contributed by atoms with van der Waals surface area (Å²) < 4.78 is 3.83. The van der Waals surface area contributed by atoms with E-state index in [9.17, 15) is 0 Å². The van der Waals surface area contributed by atoms with Crippen LogP contribution in [0.2, 0.25) is 0 Å². The van der Waals surface area contributed by atoms with Crippen molar-refractivity contribution in [3.8, 4) is 0 Å². The molecule has 1 N–H and O–H groups in total. The molecule has 0 aliphatic carbocycles. The second-order valence-corrected chi connectivity index (χ2v) is 5.08. The first-order valence-corrected chi connectivity index (χ1v) is 6.42. The zero-order valence-electron chi connectivity index (χ0n) is 7.56. The Morgan fingerprint density at radius 3 is 3.15 bits per heavy atom. The van der Waals surface area contributed by atoms with Gasteiger partial charge in [0.1, 0.15) is 0 Å². The predicted molar refractivity (Wildman–Crippen MR) is 57.0 cm³/mol. The minimum atomic E-state index is 0.659. The fraction of sp³-hybridized carbons (Fsp3) is 0.750. The molecule has 0 bridgehead atoms. The molecule has 0 radical (unpaired) electrons. The van der Waals surface area contributed by atoms with Gasteiger partial charge in [-0.3, -0.25) is 0 Å². The number of aromatic nitrogens is 2. The highest BCUT2D eigenvalue weighted by Gasteiger charge is 2.23. The quantitative estimate of drug-likeness (QED) is 0.826. The summed E-state index contributed by atoms with van der Waals surface area (Å²) in [5.74, 6) is 3.31. The van der Waals surface area contributed by atoms with Gasteiger partial charge in [0, 0.05) is 23.7 Å². The molecule has 0 amide bonds. The standard InChI is InChI=1S/C8H13N3S2/c1-6-3-12-5-8(6)9-2-7-4-13-11-10-7/h4,6,8-9H,2-3,5H2,1H3. The number of thioether (sulfide) groups is 1. The van der Waals surface area contributed by atoms with Gasteiger partial charge in [-0.2, -0.15) is 11.8 Å². The maximum Gasteiger partial charge on any atom is 0.0893 e. The van der Waals surface area contributed by atoms with Crippen LogP contribution in [0.1, 0.15) is 12.6 Å². The monoisotopic (exact) mass is 215 g/mol. The van der Waals surface area contributed by atoms with Crippen LogP contribution in [0.15, 0.2) is 5.38 Å². The van der Waals surface area contributed by atoms with E-state index in [0.717, 1.165) is 18.2 Å². The molecule has 1 aromatic heterocycles. The van der Waals surface area contributed by atoms with Crippen molar-refractivity contribution in [3.05, 3.63) is 11.1 Å². The number of nitrogens with zero attached hydrogens (tertiary/aromatic N) is 2. The molecule has 72 valence electrons. The van der Waals surface area contributed by atoms with Crippen LogP contribution in [0.3, 0.4) is 0 Å². The van der Waals surface area contributed by atoms with Crippen LogP contribution in [0.25, 0.3) is 0 Å². The second-order valence-electron chi connectivity index (χ2n) is 3.40. The van der Waals surface area contributed by atoms with E-state index in [-0.39, 0.29) is 0 Å². The molecule has 2 rings (SSSR count). The third-order valence-corrected chi connectivity index (χ3v) is 4.23. The van der Waals surface area contributed by atoms with Crippen LogP contribution >= 0.6 is 23.3 Å². The van der Waals surface area contributed by atoms with E-state index in [0.29, 0.717) is 6.04 Å². The Balaban J connectivity index is 1.79. The molecule has 5 heteroatoms. The highest BCUT2D eigenvalue weighted by molar-refractivity contribution is 7.99. The lowest BCUT2D eigenvalue weighted by Crippen LogP contribution is -2.33.